The number of nitrogens with two attached hydrogens (primary N) is 1. The minimum atomic E-state index is -0.782. The smallest absolute Gasteiger partial charge is 0.322 e. The topological polar surface area (TPSA) is 69.8 Å². The SMILES string of the molecule is CN1CCCC2CN(C(CN)C(=O)O)CCC21. The van der Waals surface area contributed by atoms with Crippen molar-refractivity contribution >= 4 is 5.97 Å². The second-order valence-electron chi connectivity index (χ2n) is 5.32. The van der Waals surface area contributed by atoms with Gasteiger partial charge in [-0.05, 0) is 38.8 Å². The van der Waals surface area contributed by atoms with E-state index in [1.807, 2.05) is 0 Å². The number of nitrogens with zero attached hydrogens (tertiary/aromatic N) is 2. The van der Waals surface area contributed by atoms with Gasteiger partial charge in [0.1, 0.15) is 6.04 Å². The molecule has 0 aromatic heterocycles. The Labute approximate surface area is 103 Å². The molecule has 2 saturated heterocycles. The van der Waals surface area contributed by atoms with Crippen molar-refractivity contribution in [2.24, 2.45) is 11.7 Å². The minimum absolute atomic E-state index is 0.211. The molecule has 2 aliphatic rings. The van der Waals surface area contributed by atoms with Gasteiger partial charge in [0.2, 0.25) is 0 Å². The van der Waals surface area contributed by atoms with Crippen LogP contribution in [-0.4, -0.2) is 66.2 Å². The summed E-state index contributed by atoms with van der Waals surface area (Å²) in [6, 6.07) is 0.149. The second-order valence-corrected chi connectivity index (χ2v) is 5.32. The van der Waals surface area contributed by atoms with Crippen molar-refractivity contribution < 1.29 is 9.90 Å². The Kier molecular flexibility index (Phi) is 4.01. The summed E-state index contributed by atoms with van der Waals surface area (Å²) < 4.78 is 0. The number of carboxylic acids is 1. The fourth-order valence-electron chi connectivity index (χ4n) is 3.37. The summed E-state index contributed by atoms with van der Waals surface area (Å²) in [5, 5.41) is 9.14. The van der Waals surface area contributed by atoms with E-state index in [-0.39, 0.29) is 6.54 Å². The molecule has 0 bridgehead atoms. The molecule has 0 saturated carbocycles. The molecule has 3 atom stereocenters. The van der Waals surface area contributed by atoms with Crippen molar-refractivity contribution in [3.63, 3.8) is 0 Å². The first-order chi connectivity index (χ1) is 8.13. The van der Waals surface area contributed by atoms with Crippen LogP contribution in [0.1, 0.15) is 19.3 Å². The van der Waals surface area contributed by atoms with E-state index in [1.54, 1.807) is 0 Å². The molecule has 0 aromatic carbocycles. The summed E-state index contributed by atoms with van der Waals surface area (Å²) in [6.45, 7) is 3.14. The molecule has 3 unspecified atom stereocenters. The number of likely N-dealkylation sites (tertiary alicyclic amines) is 2. The first kappa shape index (κ1) is 12.8. The Bertz CT molecular complexity index is 285. The Morgan fingerprint density at radius 3 is 2.88 bits per heavy atom. The zero-order valence-corrected chi connectivity index (χ0v) is 10.5. The lowest BCUT2D eigenvalue weighted by atomic mass is 9.83. The maximum Gasteiger partial charge on any atom is 0.322 e. The van der Waals surface area contributed by atoms with Gasteiger partial charge < -0.3 is 15.7 Å². The molecule has 0 spiro atoms. The summed E-state index contributed by atoms with van der Waals surface area (Å²) in [5.41, 5.74) is 5.57. The van der Waals surface area contributed by atoms with Crippen molar-refractivity contribution in [3.05, 3.63) is 0 Å². The first-order valence-corrected chi connectivity index (χ1v) is 6.50. The van der Waals surface area contributed by atoms with Crippen molar-refractivity contribution in [2.45, 2.75) is 31.3 Å². The van der Waals surface area contributed by atoms with Crippen LogP contribution in [0.5, 0.6) is 0 Å². The molecule has 5 nitrogen and oxygen atoms in total. The molecular weight excluding hydrogens is 218 g/mol. The lowest BCUT2D eigenvalue weighted by Gasteiger charge is -2.47. The number of aliphatic carboxylic acids is 1. The van der Waals surface area contributed by atoms with Gasteiger partial charge in [-0.15, -0.1) is 0 Å². The van der Waals surface area contributed by atoms with E-state index in [9.17, 15) is 4.79 Å². The fourth-order valence-corrected chi connectivity index (χ4v) is 3.37. The van der Waals surface area contributed by atoms with Crippen LogP contribution in [0, 0.1) is 5.92 Å². The lowest BCUT2D eigenvalue weighted by Crippen LogP contribution is -2.57. The molecule has 0 aliphatic carbocycles. The Morgan fingerprint density at radius 2 is 2.24 bits per heavy atom. The van der Waals surface area contributed by atoms with Crippen LogP contribution >= 0.6 is 0 Å². The summed E-state index contributed by atoms with van der Waals surface area (Å²) >= 11 is 0. The van der Waals surface area contributed by atoms with Crippen molar-refractivity contribution in [3.8, 4) is 0 Å². The predicted molar refractivity (Wildman–Crippen MR) is 65.8 cm³/mol. The summed E-state index contributed by atoms with van der Waals surface area (Å²) in [5.74, 6) is -0.161. The van der Waals surface area contributed by atoms with Gasteiger partial charge in [-0.2, -0.15) is 0 Å². The molecule has 98 valence electrons. The molecule has 0 radical (unpaired) electrons. The van der Waals surface area contributed by atoms with Crippen molar-refractivity contribution in [1.82, 2.24) is 9.80 Å². The Hall–Kier alpha value is -0.650. The Balaban J connectivity index is 1.99. The molecule has 17 heavy (non-hydrogen) atoms. The van der Waals surface area contributed by atoms with E-state index in [1.165, 1.54) is 19.4 Å². The third kappa shape index (κ3) is 2.61. The van der Waals surface area contributed by atoms with Gasteiger partial charge in [0.05, 0.1) is 0 Å². The zero-order chi connectivity index (χ0) is 12.4. The number of hydrogen-bond acceptors (Lipinski definition) is 4. The van der Waals surface area contributed by atoms with E-state index in [2.05, 4.69) is 16.8 Å². The molecule has 0 aromatic rings. The highest BCUT2D eigenvalue weighted by molar-refractivity contribution is 5.73. The number of piperidine rings is 2. The monoisotopic (exact) mass is 241 g/mol. The van der Waals surface area contributed by atoms with Crippen molar-refractivity contribution in [2.75, 3.05) is 33.2 Å². The standard InChI is InChI=1S/C12H23N3O2/c1-14-5-2-3-9-8-15(6-4-10(9)14)11(7-13)12(16)17/h9-11H,2-8,13H2,1H3,(H,16,17). The van der Waals surface area contributed by atoms with Crippen LogP contribution in [0.25, 0.3) is 0 Å². The third-order valence-electron chi connectivity index (χ3n) is 4.33. The van der Waals surface area contributed by atoms with Crippen LogP contribution < -0.4 is 5.73 Å². The zero-order valence-electron chi connectivity index (χ0n) is 10.5. The number of rotatable bonds is 3. The van der Waals surface area contributed by atoms with Gasteiger partial charge in [0.15, 0.2) is 0 Å². The van der Waals surface area contributed by atoms with E-state index in [0.717, 1.165) is 19.5 Å². The molecule has 2 heterocycles. The van der Waals surface area contributed by atoms with Gasteiger partial charge in [-0.1, -0.05) is 0 Å². The summed E-state index contributed by atoms with van der Waals surface area (Å²) in [4.78, 5) is 15.6. The van der Waals surface area contributed by atoms with Gasteiger partial charge in [-0.3, -0.25) is 9.69 Å². The van der Waals surface area contributed by atoms with E-state index in [0.29, 0.717) is 12.0 Å². The molecule has 2 rings (SSSR count). The lowest BCUT2D eigenvalue weighted by molar-refractivity contribution is -0.144. The number of carboxylic acid groups (broad SMARTS) is 1. The number of carbonyl (C=O) groups is 1. The summed E-state index contributed by atoms with van der Waals surface area (Å²) in [7, 11) is 2.18. The molecule has 5 heteroatoms. The largest absolute Gasteiger partial charge is 0.480 e. The van der Waals surface area contributed by atoms with Gasteiger partial charge in [0.25, 0.3) is 0 Å². The van der Waals surface area contributed by atoms with E-state index < -0.39 is 12.0 Å². The van der Waals surface area contributed by atoms with Gasteiger partial charge in [0, 0.05) is 25.7 Å². The van der Waals surface area contributed by atoms with Crippen LogP contribution in [0.4, 0.5) is 0 Å². The number of fused-ring (bicyclic) bond motifs is 1. The van der Waals surface area contributed by atoms with Crippen molar-refractivity contribution in [1.29, 1.82) is 0 Å². The van der Waals surface area contributed by atoms with E-state index >= 15 is 0 Å². The fraction of sp³-hybridized carbons (Fsp3) is 0.917. The van der Waals surface area contributed by atoms with Crippen LogP contribution in [0.3, 0.4) is 0 Å². The van der Waals surface area contributed by atoms with E-state index in [4.69, 9.17) is 10.8 Å². The first-order valence-electron chi connectivity index (χ1n) is 6.50. The van der Waals surface area contributed by atoms with Gasteiger partial charge >= 0.3 is 5.97 Å². The minimum Gasteiger partial charge on any atom is -0.480 e. The molecule has 3 N–H and O–H groups in total. The predicted octanol–water partition coefficient (Wildman–Crippen LogP) is -0.186. The van der Waals surface area contributed by atoms with Crippen LogP contribution in [0.2, 0.25) is 0 Å². The van der Waals surface area contributed by atoms with Crippen LogP contribution in [0.15, 0.2) is 0 Å². The average molecular weight is 241 g/mol. The normalized spacial score (nSPS) is 33.1. The third-order valence-corrected chi connectivity index (χ3v) is 4.33. The number of hydrogen-bond donors (Lipinski definition) is 2. The highest BCUT2D eigenvalue weighted by atomic mass is 16.4. The molecule has 0 amide bonds. The van der Waals surface area contributed by atoms with Gasteiger partial charge in [-0.25, -0.2) is 0 Å². The van der Waals surface area contributed by atoms with Crippen LogP contribution in [-0.2, 0) is 4.79 Å². The molecule has 2 aliphatic heterocycles. The quantitative estimate of drug-likeness (QED) is 0.717. The Morgan fingerprint density at radius 1 is 1.47 bits per heavy atom. The summed E-state index contributed by atoms with van der Waals surface area (Å²) in [6.07, 6.45) is 3.53. The molecular formula is C12H23N3O2. The maximum atomic E-state index is 11.1. The average Bonchev–Trinajstić information content (AvgIpc) is 2.29. The molecule has 2 fully saturated rings. The highest BCUT2D eigenvalue weighted by Gasteiger charge is 2.37. The second kappa shape index (κ2) is 5.33. The highest BCUT2D eigenvalue weighted by Crippen LogP contribution is 2.30. The maximum absolute atomic E-state index is 11.1.